The predicted octanol–water partition coefficient (Wildman–Crippen LogP) is 1.20. The molecule has 3 rings (SSSR count). The third-order valence-electron chi connectivity index (χ3n) is 4.20. The van der Waals surface area contributed by atoms with Gasteiger partial charge in [0, 0.05) is 31.7 Å². The van der Waals surface area contributed by atoms with Crippen molar-refractivity contribution in [3.05, 3.63) is 41.6 Å². The average molecular weight is 303 g/mol. The molecule has 6 nitrogen and oxygen atoms in total. The highest BCUT2D eigenvalue weighted by molar-refractivity contribution is 5.92. The van der Waals surface area contributed by atoms with Crippen LogP contribution in [0.3, 0.4) is 0 Å². The van der Waals surface area contributed by atoms with Gasteiger partial charge in [0.25, 0.3) is 0 Å². The highest BCUT2D eigenvalue weighted by Gasteiger charge is 2.35. The van der Waals surface area contributed by atoms with Crippen molar-refractivity contribution in [2.75, 3.05) is 18.4 Å². The lowest BCUT2D eigenvalue weighted by molar-refractivity contribution is -0.119. The minimum absolute atomic E-state index is 0.0779. The molecule has 2 aromatic rings. The van der Waals surface area contributed by atoms with Crippen LogP contribution in [0.2, 0.25) is 0 Å². The molecule has 1 amide bonds. The SMILES string of the molecule is Cc1c([C@H]2CNC[C@@H]2C(=O)Nc2ccc(F)cn2)cnn1C. The van der Waals surface area contributed by atoms with Gasteiger partial charge in [-0.25, -0.2) is 9.37 Å². The smallest absolute Gasteiger partial charge is 0.230 e. The van der Waals surface area contributed by atoms with Gasteiger partial charge in [-0.05, 0) is 24.6 Å². The summed E-state index contributed by atoms with van der Waals surface area (Å²) in [7, 11) is 1.89. The van der Waals surface area contributed by atoms with Gasteiger partial charge in [0.05, 0.1) is 18.3 Å². The van der Waals surface area contributed by atoms with Crippen LogP contribution in [0, 0.1) is 18.7 Å². The van der Waals surface area contributed by atoms with Crippen molar-refractivity contribution in [3.8, 4) is 0 Å². The Bertz CT molecular complexity index is 682. The standard InChI is InChI=1S/C15H18FN5O/c1-9-11(8-19-21(9)2)12-6-17-7-13(12)15(22)20-14-4-3-10(16)5-18-14/h3-5,8,12-13,17H,6-7H2,1-2H3,(H,18,20,22)/t12-,13+/m1/s1. The number of amides is 1. The van der Waals surface area contributed by atoms with Crippen LogP contribution in [0.1, 0.15) is 17.2 Å². The van der Waals surface area contributed by atoms with Gasteiger partial charge in [-0.1, -0.05) is 0 Å². The summed E-state index contributed by atoms with van der Waals surface area (Å²) >= 11 is 0. The van der Waals surface area contributed by atoms with E-state index in [4.69, 9.17) is 0 Å². The number of nitrogens with one attached hydrogen (secondary N) is 2. The number of rotatable bonds is 3. The Morgan fingerprint density at radius 3 is 2.86 bits per heavy atom. The number of anilines is 1. The molecule has 2 N–H and O–H groups in total. The third kappa shape index (κ3) is 2.71. The maximum absolute atomic E-state index is 12.9. The van der Waals surface area contributed by atoms with Crippen LogP contribution in [-0.2, 0) is 11.8 Å². The molecule has 1 aliphatic heterocycles. The van der Waals surface area contributed by atoms with Gasteiger partial charge in [0.2, 0.25) is 5.91 Å². The molecule has 0 saturated carbocycles. The molecule has 0 bridgehead atoms. The van der Waals surface area contributed by atoms with Crippen LogP contribution in [0.5, 0.6) is 0 Å². The molecule has 0 spiro atoms. The van der Waals surface area contributed by atoms with Crippen molar-refractivity contribution in [1.29, 1.82) is 0 Å². The minimum atomic E-state index is -0.426. The number of aromatic nitrogens is 3. The second-order valence-corrected chi connectivity index (χ2v) is 5.53. The Morgan fingerprint density at radius 1 is 1.41 bits per heavy atom. The van der Waals surface area contributed by atoms with Crippen molar-refractivity contribution >= 4 is 11.7 Å². The second kappa shape index (κ2) is 5.84. The Hall–Kier alpha value is -2.28. The number of halogens is 1. The van der Waals surface area contributed by atoms with Crippen LogP contribution in [-0.4, -0.2) is 33.8 Å². The van der Waals surface area contributed by atoms with Crippen LogP contribution < -0.4 is 10.6 Å². The minimum Gasteiger partial charge on any atom is -0.315 e. The number of pyridine rings is 1. The van der Waals surface area contributed by atoms with E-state index in [1.807, 2.05) is 24.9 Å². The molecular weight excluding hydrogens is 285 g/mol. The molecule has 0 radical (unpaired) electrons. The highest BCUT2D eigenvalue weighted by Crippen LogP contribution is 2.30. The quantitative estimate of drug-likeness (QED) is 0.894. The highest BCUT2D eigenvalue weighted by atomic mass is 19.1. The van der Waals surface area contributed by atoms with E-state index in [1.54, 1.807) is 0 Å². The van der Waals surface area contributed by atoms with Gasteiger partial charge >= 0.3 is 0 Å². The maximum Gasteiger partial charge on any atom is 0.230 e. The van der Waals surface area contributed by atoms with Crippen LogP contribution in [0.25, 0.3) is 0 Å². The average Bonchev–Trinajstić information content (AvgIpc) is 3.09. The fraction of sp³-hybridized carbons (Fsp3) is 0.400. The fourth-order valence-electron chi connectivity index (χ4n) is 2.83. The zero-order valence-electron chi connectivity index (χ0n) is 12.5. The molecule has 0 aliphatic carbocycles. The Kier molecular flexibility index (Phi) is 3.89. The van der Waals surface area contributed by atoms with Gasteiger partial charge < -0.3 is 10.6 Å². The predicted molar refractivity (Wildman–Crippen MR) is 79.9 cm³/mol. The van der Waals surface area contributed by atoms with Gasteiger partial charge in [0.15, 0.2) is 0 Å². The first kappa shape index (κ1) is 14.6. The number of hydrogen-bond donors (Lipinski definition) is 2. The topological polar surface area (TPSA) is 71.8 Å². The molecule has 116 valence electrons. The van der Waals surface area contributed by atoms with E-state index >= 15 is 0 Å². The summed E-state index contributed by atoms with van der Waals surface area (Å²) in [4.78, 5) is 16.4. The van der Waals surface area contributed by atoms with Crippen molar-refractivity contribution < 1.29 is 9.18 Å². The van der Waals surface area contributed by atoms with Crippen molar-refractivity contribution in [2.45, 2.75) is 12.8 Å². The number of aryl methyl sites for hydroxylation is 1. The third-order valence-corrected chi connectivity index (χ3v) is 4.20. The molecule has 0 aromatic carbocycles. The monoisotopic (exact) mass is 303 g/mol. The van der Waals surface area contributed by atoms with E-state index in [2.05, 4.69) is 20.7 Å². The van der Waals surface area contributed by atoms with Gasteiger partial charge in [-0.3, -0.25) is 9.48 Å². The first-order chi connectivity index (χ1) is 10.6. The summed E-state index contributed by atoms with van der Waals surface area (Å²) in [5, 5.41) is 10.3. The zero-order valence-corrected chi connectivity index (χ0v) is 12.5. The van der Waals surface area contributed by atoms with Crippen molar-refractivity contribution in [1.82, 2.24) is 20.1 Å². The Balaban J connectivity index is 1.76. The van der Waals surface area contributed by atoms with E-state index in [0.29, 0.717) is 12.4 Å². The molecular formula is C15H18FN5O. The van der Waals surface area contributed by atoms with E-state index in [9.17, 15) is 9.18 Å². The van der Waals surface area contributed by atoms with E-state index in [1.165, 1.54) is 12.1 Å². The number of carbonyl (C=O) groups is 1. The first-order valence-electron chi connectivity index (χ1n) is 7.18. The maximum atomic E-state index is 12.9. The van der Waals surface area contributed by atoms with E-state index in [0.717, 1.165) is 24.0 Å². The van der Waals surface area contributed by atoms with Crippen LogP contribution >= 0.6 is 0 Å². The second-order valence-electron chi connectivity index (χ2n) is 5.53. The largest absolute Gasteiger partial charge is 0.315 e. The summed E-state index contributed by atoms with van der Waals surface area (Å²) in [5.41, 5.74) is 2.14. The summed E-state index contributed by atoms with van der Waals surface area (Å²) < 4.78 is 14.7. The van der Waals surface area contributed by atoms with E-state index in [-0.39, 0.29) is 17.7 Å². The fourth-order valence-corrected chi connectivity index (χ4v) is 2.83. The van der Waals surface area contributed by atoms with Crippen LogP contribution in [0.4, 0.5) is 10.2 Å². The van der Waals surface area contributed by atoms with E-state index < -0.39 is 5.82 Å². The zero-order chi connectivity index (χ0) is 15.7. The molecule has 22 heavy (non-hydrogen) atoms. The lowest BCUT2D eigenvalue weighted by Gasteiger charge is -2.17. The number of carbonyl (C=O) groups excluding carboxylic acids is 1. The van der Waals surface area contributed by atoms with Crippen molar-refractivity contribution in [3.63, 3.8) is 0 Å². The molecule has 1 saturated heterocycles. The van der Waals surface area contributed by atoms with Gasteiger partial charge in [-0.2, -0.15) is 5.10 Å². The van der Waals surface area contributed by atoms with Gasteiger partial charge in [-0.15, -0.1) is 0 Å². The molecule has 7 heteroatoms. The number of nitrogens with zero attached hydrogens (tertiary/aromatic N) is 3. The molecule has 1 fully saturated rings. The molecule has 2 aromatic heterocycles. The van der Waals surface area contributed by atoms with Gasteiger partial charge in [0.1, 0.15) is 11.6 Å². The molecule has 3 heterocycles. The Morgan fingerprint density at radius 2 is 2.23 bits per heavy atom. The summed E-state index contributed by atoms with van der Waals surface area (Å²) in [6.07, 6.45) is 2.91. The summed E-state index contributed by atoms with van der Waals surface area (Å²) in [6, 6.07) is 2.73. The summed E-state index contributed by atoms with van der Waals surface area (Å²) in [6.45, 7) is 3.34. The molecule has 1 aliphatic rings. The Labute approximate surface area is 127 Å². The lowest BCUT2D eigenvalue weighted by atomic mass is 9.88. The van der Waals surface area contributed by atoms with Crippen LogP contribution in [0.15, 0.2) is 24.5 Å². The number of hydrogen-bond acceptors (Lipinski definition) is 4. The normalized spacial score (nSPS) is 21.0. The lowest BCUT2D eigenvalue weighted by Crippen LogP contribution is -2.28. The molecule has 0 unspecified atom stereocenters. The summed E-state index contributed by atoms with van der Waals surface area (Å²) in [5.74, 6) is -0.300. The molecule has 2 atom stereocenters. The first-order valence-corrected chi connectivity index (χ1v) is 7.18. The van der Waals surface area contributed by atoms with Crippen molar-refractivity contribution in [2.24, 2.45) is 13.0 Å².